The van der Waals surface area contributed by atoms with Gasteiger partial charge in [0.15, 0.2) is 0 Å². The first kappa shape index (κ1) is 8.53. The monoisotopic (exact) mass is 161 g/mol. The highest BCUT2D eigenvalue weighted by Gasteiger charge is 1.99. The summed E-state index contributed by atoms with van der Waals surface area (Å²) < 4.78 is 5.20. The molecule has 2 nitrogen and oxygen atoms in total. The molecule has 2 heteroatoms. The minimum absolute atomic E-state index is 0.401. The van der Waals surface area contributed by atoms with Gasteiger partial charge in [-0.2, -0.15) is 0 Å². The van der Waals surface area contributed by atoms with Gasteiger partial charge in [0.1, 0.15) is 12.4 Å². The maximum absolute atomic E-state index is 10.4. The summed E-state index contributed by atoms with van der Waals surface area (Å²) in [5, 5.41) is 0. The Morgan fingerprint density at radius 2 is 2.25 bits per heavy atom. The highest BCUT2D eigenvalue weighted by Crippen LogP contribution is 2.14. The standard InChI is InChI=1S/C10H9O2/c1-2-7-12-10-6-4-3-5-9(10)8-11/h2-6H,1,7H2. The van der Waals surface area contributed by atoms with Crippen molar-refractivity contribution in [2.75, 3.05) is 6.61 Å². The van der Waals surface area contributed by atoms with Crippen LogP contribution in [-0.4, -0.2) is 12.9 Å². The van der Waals surface area contributed by atoms with Crippen LogP contribution in [0.25, 0.3) is 0 Å². The molecule has 1 aromatic rings. The quantitative estimate of drug-likeness (QED) is 0.628. The second-order valence-corrected chi connectivity index (χ2v) is 2.20. The summed E-state index contributed by atoms with van der Waals surface area (Å²) >= 11 is 0. The molecule has 0 amide bonds. The molecule has 0 atom stereocenters. The normalized spacial score (nSPS) is 9.00. The van der Waals surface area contributed by atoms with Crippen LogP contribution in [-0.2, 0) is 4.79 Å². The van der Waals surface area contributed by atoms with Crippen molar-refractivity contribution in [1.82, 2.24) is 0 Å². The molecule has 0 saturated heterocycles. The largest absolute Gasteiger partial charge is 0.489 e. The smallest absolute Gasteiger partial charge is 0.237 e. The van der Waals surface area contributed by atoms with Gasteiger partial charge in [-0.1, -0.05) is 24.8 Å². The molecule has 0 N–H and O–H groups in total. The van der Waals surface area contributed by atoms with Crippen molar-refractivity contribution in [3.8, 4) is 5.75 Å². The third kappa shape index (κ3) is 1.95. The molecule has 12 heavy (non-hydrogen) atoms. The number of rotatable bonds is 4. The Labute approximate surface area is 71.5 Å². The summed E-state index contributed by atoms with van der Waals surface area (Å²) in [4.78, 5) is 10.4. The Balaban J connectivity index is 2.81. The van der Waals surface area contributed by atoms with Gasteiger partial charge in [-0.15, -0.1) is 0 Å². The van der Waals surface area contributed by atoms with E-state index in [4.69, 9.17) is 4.74 Å². The van der Waals surface area contributed by atoms with Crippen LogP contribution >= 0.6 is 0 Å². The van der Waals surface area contributed by atoms with Crippen molar-refractivity contribution in [3.63, 3.8) is 0 Å². The van der Waals surface area contributed by atoms with Gasteiger partial charge in [0, 0.05) is 0 Å². The van der Waals surface area contributed by atoms with Crippen molar-refractivity contribution in [3.05, 3.63) is 42.5 Å². The Hall–Kier alpha value is -1.57. The Kier molecular flexibility index (Phi) is 3.08. The minimum Gasteiger partial charge on any atom is -0.489 e. The van der Waals surface area contributed by atoms with Crippen molar-refractivity contribution in [2.24, 2.45) is 0 Å². The van der Waals surface area contributed by atoms with E-state index in [2.05, 4.69) is 6.58 Å². The fourth-order valence-electron chi connectivity index (χ4n) is 0.826. The van der Waals surface area contributed by atoms with Crippen LogP contribution in [0.1, 0.15) is 5.56 Å². The zero-order valence-electron chi connectivity index (χ0n) is 6.62. The SMILES string of the molecule is C=CCOc1ccccc1[C]=O. The van der Waals surface area contributed by atoms with Gasteiger partial charge in [0.25, 0.3) is 0 Å². The van der Waals surface area contributed by atoms with Gasteiger partial charge in [0.05, 0.1) is 5.56 Å². The number of carbonyl (C=O) groups excluding carboxylic acids is 1. The highest BCUT2D eigenvalue weighted by molar-refractivity contribution is 5.79. The lowest BCUT2D eigenvalue weighted by molar-refractivity contribution is 0.362. The van der Waals surface area contributed by atoms with E-state index in [1.807, 2.05) is 0 Å². The third-order valence-corrected chi connectivity index (χ3v) is 1.35. The van der Waals surface area contributed by atoms with Gasteiger partial charge >= 0.3 is 0 Å². The average Bonchev–Trinajstić information content (AvgIpc) is 2.15. The summed E-state index contributed by atoms with van der Waals surface area (Å²) in [6, 6.07) is 6.95. The molecule has 0 aliphatic carbocycles. The molecule has 1 rings (SSSR count). The minimum atomic E-state index is 0.401. The van der Waals surface area contributed by atoms with Gasteiger partial charge in [0.2, 0.25) is 6.29 Å². The van der Waals surface area contributed by atoms with Gasteiger partial charge in [-0.25, -0.2) is 0 Å². The highest BCUT2D eigenvalue weighted by atomic mass is 16.5. The van der Waals surface area contributed by atoms with Crippen LogP contribution in [0, 0.1) is 0 Å². The predicted octanol–water partition coefficient (Wildman–Crippen LogP) is 1.71. The molecule has 0 spiro atoms. The van der Waals surface area contributed by atoms with E-state index in [-0.39, 0.29) is 0 Å². The zero-order chi connectivity index (χ0) is 8.81. The molecule has 0 bridgehead atoms. The van der Waals surface area contributed by atoms with E-state index >= 15 is 0 Å². The van der Waals surface area contributed by atoms with E-state index in [1.54, 1.807) is 36.6 Å². The van der Waals surface area contributed by atoms with E-state index in [1.165, 1.54) is 0 Å². The van der Waals surface area contributed by atoms with Gasteiger partial charge < -0.3 is 4.74 Å². The molecule has 0 saturated carbocycles. The van der Waals surface area contributed by atoms with Gasteiger partial charge in [-0.05, 0) is 12.1 Å². The van der Waals surface area contributed by atoms with Crippen LogP contribution in [0.4, 0.5) is 0 Å². The molecular formula is C10H9O2. The lowest BCUT2D eigenvalue weighted by Crippen LogP contribution is -1.96. The molecule has 61 valence electrons. The summed E-state index contributed by atoms with van der Waals surface area (Å²) in [7, 11) is 0. The summed E-state index contributed by atoms with van der Waals surface area (Å²) in [6.45, 7) is 3.91. The van der Waals surface area contributed by atoms with Crippen LogP contribution in [0.3, 0.4) is 0 Å². The molecule has 0 aliphatic rings. The molecule has 0 aliphatic heterocycles. The van der Waals surface area contributed by atoms with Crippen molar-refractivity contribution in [2.45, 2.75) is 0 Å². The second kappa shape index (κ2) is 4.34. The maximum atomic E-state index is 10.4. The molecule has 0 aromatic heterocycles. The van der Waals surface area contributed by atoms with E-state index in [0.717, 1.165) is 0 Å². The number of para-hydroxylation sites is 1. The molecular weight excluding hydrogens is 152 g/mol. The zero-order valence-corrected chi connectivity index (χ0v) is 6.62. The van der Waals surface area contributed by atoms with Crippen LogP contribution in [0.15, 0.2) is 36.9 Å². The fraction of sp³-hybridized carbons (Fsp3) is 0.100. The fourth-order valence-corrected chi connectivity index (χ4v) is 0.826. The lowest BCUT2D eigenvalue weighted by atomic mass is 10.2. The Morgan fingerprint density at radius 3 is 2.92 bits per heavy atom. The molecule has 0 heterocycles. The summed E-state index contributed by atoms with van der Waals surface area (Å²) in [5.41, 5.74) is 0.444. The maximum Gasteiger partial charge on any atom is 0.237 e. The van der Waals surface area contributed by atoms with E-state index < -0.39 is 0 Å². The Bertz CT molecular complexity index is 279. The van der Waals surface area contributed by atoms with Crippen LogP contribution in [0.2, 0.25) is 0 Å². The Morgan fingerprint density at radius 1 is 1.50 bits per heavy atom. The number of hydrogen-bond donors (Lipinski definition) is 0. The lowest BCUT2D eigenvalue weighted by Gasteiger charge is -2.03. The topological polar surface area (TPSA) is 26.3 Å². The molecule has 0 unspecified atom stereocenters. The number of benzene rings is 1. The molecule has 1 aromatic carbocycles. The van der Waals surface area contributed by atoms with Crippen molar-refractivity contribution in [1.29, 1.82) is 0 Å². The first-order valence-corrected chi connectivity index (χ1v) is 3.59. The van der Waals surface area contributed by atoms with E-state index in [0.29, 0.717) is 17.9 Å². The number of ether oxygens (including phenoxy) is 1. The predicted molar refractivity (Wildman–Crippen MR) is 46.9 cm³/mol. The van der Waals surface area contributed by atoms with Gasteiger partial charge in [-0.3, -0.25) is 4.79 Å². The molecule has 1 radical (unpaired) electrons. The third-order valence-electron chi connectivity index (χ3n) is 1.35. The summed E-state index contributed by atoms with van der Waals surface area (Å²) in [5.74, 6) is 0.549. The van der Waals surface area contributed by atoms with Crippen molar-refractivity contribution < 1.29 is 9.53 Å². The first-order chi connectivity index (χ1) is 5.88. The summed E-state index contributed by atoms with van der Waals surface area (Å²) in [6.07, 6.45) is 3.42. The molecule has 0 fully saturated rings. The first-order valence-electron chi connectivity index (χ1n) is 3.59. The number of hydrogen-bond acceptors (Lipinski definition) is 2. The van der Waals surface area contributed by atoms with Crippen LogP contribution in [0.5, 0.6) is 5.75 Å². The average molecular weight is 161 g/mol. The van der Waals surface area contributed by atoms with E-state index in [9.17, 15) is 4.79 Å². The second-order valence-electron chi connectivity index (χ2n) is 2.20. The van der Waals surface area contributed by atoms with Crippen molar-refractivity contribution >= 4 is 6.29 Å². The van der Waals surface area contributed by atoms with Crippen LogP contribution < -0.4 is 4.74 Å².